The largest absolute Gasteiger partial charge is 0.293 e. The minimum atomic E-state index is -0.728. The molecule has 0 unspecified atom stereocenters. The lowest BCUT2D eigenvalue weighted by Crippen LogP contribution is -2.47. The van der Waals surface area contributed by atoms with Crippen LogP contribution in [0, 0.1) is 0 Å². The van der Waals surface area contributed by atoms with Gasteiger partial charge >= 0.3 is 0 Å². The first-order valence-corrected chi connectivity index (χ1v) is 6.21. The van der Waals surface area contributed by atoms with Gasteiger partial charge in [0.05, 0.1) is 0 Å². The highest BCUT2D eigenvalue weighted by Gasteiger charge is 2.42. The molecule has 0 bridgehead atoms. The van der Waals surface area contributed by atoms with Crippen molar-refractivity contribution in [3.63, 3.8) is 0 Å². The Bertz CT molecular complexity index is 528. The monoisotopic (exact) mass is 262 g/mol. The van der Waals surface area contributed by atoms with Crippen LogP contribution in [0.3, 0.4) is 0 Å². The molecule has 9 heteroatoms. The average Bonchev–Trinajstić information content (AvgIpc) is 3.12. The van der Waals surface area contributed by atoms with Crippen molar-refractivity contribution in [1.29, 1.82) is 0 Å². The molecule has 2 heterocycles. The van der Waals surface area contributed by atoms with Gasteiger partial charge in [-0.1, -0.05) is 19.3 Å². The summed E-state index contributed by atoms with van der Waals surface area (Å²) < 4.78 is 1.55. The second-order valence-corrected chi connectivity index (χ2v) is 4.63. The summed E-state index contributed by atoms with van der Waals surface area (Å²) in [7, 11) is 0. The predicted molar refractivity (Wildman–Crippen MR) is 63.9 cm³/mol. The highest BCUT2D eigenvalue weighted by molar-refractivity contribution is 5.95. The van der Waals surface area contributed by atoms with Crippen LogP contribution in [0.15, 0.2) is 12.7 Å². The molecule has 9 nitrogen and oxygen atoms in total. The molecule has 0 atom stereocenters. The third kappa shape index (κ3) is 2.07. The number of nitrogens with one attached hydrogen (secondary N) is 2. The van der Waals surface area contributed by atoms with Gasteiger partial charge in [-0.25, -0.2) is 9.78 Å². The zero-order valence-electron chi connectivity index (χ0n) is 10.3. The lowest BCUT2D eigenvalue weighted by molar-refractivity contribution is -0.127. The Balaban J connectivity index is 1.88. The first-order chi connectivity index (χ1) is 9.31. The molecule has 1 aliphatic rings. The summed E-state index contributed by atoms with van der Waals surface area (Å²) in [5, 5.41) is 20.2. The maximum absolute atomic E-state index is 12.6. The van der Waals surface area contributed by atoms with Gasteiger partial charge in [-0.05, 0) is 23.3 Å². The molecule has 1 saturated carbocycles. The van der Waals surface area contributed by atoms with E-state index in [0.717, 1.165) is 32.1 Å². The number of carbonyl (C=O) groups is 1. The molecule has 2 aromatic heterocycles. The van der Waals surface area contributed by atoms with Gasteiger partial charge in [0.15, 0.2) is 0 Å². The van der Waals surface area contributed by atoms with Crippen LogP contribution in [0.1, 0.15) is 32.1 Å². The molecule has 1 fully saturated rings. The Hall–Kier alpha value is -2.32. The lowest BCUT2D eigenvalue weighted by atomic mass is 9.81. The van der Waals surface area contributed by atoms with E-state index in [-0.39, 0.29) is 5.91 Å². The molecule has 0 spiro atoms. The van der Waals surface area contributed by atoms with E-state index in [0.29, 0.717) is 5.95 Å². The smallest absolute Gasteiger partial charge is 0.254 e. The molecule has 1 amide bonds. The number of carbonyl (C=O) groups excluding carboxylic acids is 1. The van der Waals surface area contributed by atoms with Crippen LogP contribution >= 0.6 is 0 Å². The van der Waals surface area contributed by atoms with E-state index in [1.807, 2.05) is 0 Å². The van der Waals surface area contributed by atoms with Crippen molar-refractivity contribution < 1.29 is 4.79 Å². The summed E-state index contributed by atoms with van der Waals surface area (Å²) in [6, 6.07) is 0. The van der Waals surface area contributed by atoms with Crippen molar-refractivity contribution in [2.24, 2.45) is 0 Å². The summed E-state index contributed by atoms with van der Waals surface area (Å²) in [6.07, 6.45) is 7.36. The standard InChI is InChI=1S/C10H14N8O/c19-8(14-9-11-6-12-15-9)10(4-2-1-3-5-10)18-7-13-16-17-18/h6-7H,1-5H2,(H2,11,12,14,15,19). The van der Waals surface area contributed by atoms with Crippen molar-refractivity contribution in [3.8, 4) is 0 Å². The van der Waals surface area contributed by atoms with Gasteiger partial charge in [-0.3, -0.25) is 10.1 Å². The maximum atomic E-state index is 12.6. The Morgan fingerprint density at radius 1 is 1.37 bits per heavy atom. The zero-order chi connectivity index (χ0) is 13.1. The van der Waals surface area contributed by atoms with Gasteiger partial charge in [0, 0.05) is 0 Å². The minimum absolute atomic E-state index is 0.156. The van der Waals surface area contributed by atoms with Crippen LogP contribution in [-0.2, 0) is 10.3 Å². The van der Waals surface area contributed by atoms with Crippen molar-refractivity contribution in [1.82, 2.24) is 35.4 Å². The Morgan fingerprint density at radius 3 is 2.84 bits per heavy atom. The molecule has 0 aromatic carbocycles. The quantitative estimate of drug-likeness (QED) is 0.810. The first-order valence-electron chi connectivity index (χ1n) is 6.21. The molecule has 0 saturated heterocycles. The number of amides is 1. The molecule has 0 aliphatic heterocycles. The highest BCUT2D eigenvalue weighted by atomic mass is 16.2. The Morgan fingerprint density at radius 2 is 2.21 bits per heavy atom. The number of hydrogen-bond donors (Lipinski definition) is 2. The number of nitrogens with zero attached hydrogens (tertiary/aromatic N) is 6. The SMILES string of the molecule is O=C(Nc1ncn[nH]1)C1(n2cnnn2)CCCCC1. The van der Waals surface area contributed by atoms with E-state index in [9.17, 15) is 4.79 Å². The normalized spacial score (nSPS) is 18.1. The third-order valence-electron chi connectivity index (χ3n) is 3.54. The molecule has 2 N–H and O–H groups in total. The molecule has 0 radical (unpaired) electrons. The van der Waals surface area contributed by atoms with Crippen LogP contribution in [-0.4, -0.2) is 41.3 Å². The molecule has 3 rings (SSSR count). The van der Waals surface area contributed by atoms with Crippen LogP contribution < -0.4 is 5.32 Å². The van der Waals surface area contributed by atoms with Crippen molar-refractivity contribution >= 4 is 11.9 Å². The van der Waals surface area contributed by atoms with Crippen LogP contribution in [0.25, 0.3) is 0 Å². The van der Waals surface area contributed by atoms with Crippen molar-refractivity contribution in [3.05, 3.63) is 12.7 Å². The van der Waals surface area contributed by atoms with Gasteiger partial charge < -0.3 is 0 Å². The lowest BCUT2D eigenvalue weighted by Gasteiger charge is -2.34. The summed E-state index contributed by atoms with van der Waals surface area (Å²) >= 11 is 0. The third-order valence-corrected chi connectivity index (χ3v) is 3.54. The van der Waals surface area contributed by atoms with Gasteiger partial charge in [-0.2, -0.15) is 10.1 Å². The fraction of sp³-hybridized carbons (Fsp3) is 0.600. The van der Waals surface area contributed by atoms with Gasteiger partial charge in [0.1, 0.15) is 18.2 Å². The fourth-order valence-electron chi connectivity index (χ4n) is 2.54. The van der Waals surface area contributed by atoms with E-state index in [1.165, 1.54) is 12.7 Å². The minimum Gasteiger partial charge on any atom is -0.293 e. The first kappa shape index (κ1) is 11.8. The number of tetrazole rings is 1. The van der Waals surface area contributed by atoms with Crippen LogP contribution in [0.4, 0.5) is 5.95 Å². The van der Waals surface area contributed by atoms with Crippen molar-refractivity contribution in [2.75, 3.05) is 5.32 Å². The fourth-order valence-corrected chi connectivity index (χ4v) is 2.54. The van der Waals surface area contributed by atoms with E-state index in [4.69, 9.17) is 0 Å². The Kier molecular flexibility index (Phi) is 2.94. The summed E-state index contributed by atoms with van der Waals surface area (Å²) in [5.41, 5.74) is -0.728. The number of hydrogen-bond acceptors (Lipinski definition) is 6. The number of aromatic amines is 1. The molecular weight excluding hydrogens is 248 g/mol. The summed E-state index contributed by atoms with van der Waals surface area (Å²) in [5.74, 6) is 0.180. The van der Waals surface area contributed by atoms with E-state index >= 15 is 0 Å². The topological polar surface area (TPSA) is 114 Å². The predicted octanol–water partition coefficient (Wildman–Crippen LogP) is 0.0893. The average molecular weight is 262 g/mol. The summed E-state index contributed by atoms with van der Waals surface area (Å²) in [4.78, 5) is 16.5. The second kappa shape index (κ2) is 4.75. The van der Waals surface area contributed by atoms with E-state index < -0.39 is 5.54 Å². The number of H-pyrrole nitrogens is 1. The number of rotatable bonds is 3. The number of aromatic nitrogens is 7. The van der Waals surface area contributed by atoms with Gasteiger partial charge in [0.2, 0.25) is 5.95 Å². The van der Waals surface area contributed by atoms with Gasteiger partial charge in [-0.15, -0.1) is 5.10 Å². The molecular formula is C10H14N8O. The molecule has 2 aromatic rings. The molecule has 19 heavy (non-hydrogen) atoms. The van der Waals surface area contributed by atoms with Crippen LogP contribution in [0.2, 0.25) is 0 Å². The maximum Gasteiger partial charge on any atom is 0.254 e. The zero-order valence-corrected chi connectivity index (χ0v) is 10.3. The highest BCUT2D eigenvalue weighted by Crippen LogP contribution is 2.34. The van der Waals surface area contributed by atoms with Crippen molar-refractivity contribution in [2.45, 2.75) is 37.6 Å². The van der Waals surface area contributed by atoms with Crippen LogP contribution in [0.5, 0.6) is 0 Å². The molecule has 100 valence electrons. The van der Waals surface area contributed by atoms with E-state index in [2.05, 4.69) is 36.0 Å². The second-order valence-electron chi connectivity index (χ2n) is 4.63. The van der Waals surface area contributed by atoms with Gasteiger partial charge in [0.25, 0.3) is 5.91 Å². The Labute approximate surface area is 108 Å². The summed E-state index contributed by atoms with van der Waals surface area (Å²) in [6.45, 7) is 0. The van der Waals surface area contributed by atoms with E-state index in [1.54, 1.807) is 4.68 Å². The number of anilines is 1. The molecule has 1 aliphatic carbocycles.